The molecule has 0 bridgehead atoms. The summed E-state index contributed by atoms with van der Waals surface area (Å²) in [5.74, 6) is 2.39. The first kappa shape index (κ1) is 15.4. The van der Waals surface area contributed by atoms with E-state index in [1.165, 1.54) is 26.1 Å². The molecule has 92 valence electrons. The van der Waals surface area contributed by atoms with Crippen molar-refractivity contribution in [1.82, 2.24) is 4.90 Å². The standard InChI is InChI=1S/C13H28BrN/c1-6-12(5)9-15(7-2)10-13(8-14)11(3)4/h11-13H,6-10H2,1-5H3. The molecule has 0 fully saturated rings. The Kier molecular flexibility index (Phi) is 8.83. The second-order valence-electron chi connectivity index (χ2n) is 5.02. The molecule has 0 heterocycles. The molecule has 0 aliphatic rings. The fourth-order valence-corrected chi connectivity index (χ4v) is 2.62. The summed E-state index contributed by atoms with van der Waals surface area (Å²) in [7, 11) is 0. The van der Waals surface area contributed by atoms with E-state index < -0.39 is 0 Å². The van der Waals surface area contributed by atoms with Crippen molar-refractivity contribution in [3.8, 4) is 0 Å². The van der Waals surface area contributed by atoms with Gasteiger partial charge in [0.25, 0.3) is 0 Å². The number of alkyl halides is 1. The predicted molar refractivity (Wildman–Crippen MR) is 73.7 cm³/mol. The van der Waals surface area contributed by atoms with Gasteiger partial charge in [-0.15, -0.1) is 0 Å². The van der Waals surface area contributed by atoms with Crippen LogP contribution in [0.25, 0.3) is 0 Å². The van der Waals surface area contributed by atoms with E-state index in [2.05, 4.69) is 55.4 Å². The third-order valence-electron chi connectivity index (χ3n) is 3.35. The van der Waals surface area contributed by atoms with Crippen LogP contribution in [0.3, 0.4) is 0 Å². The second-order valence-corrected chi connectivity index (χ2v) is 5.67. The summed E-state index contributed by atoms with van der Waals surface area (Å²) in [4.78, 5) is 2.60. The fraction of sp³-hybridized carbons (Fsp3) is 1.00. The molecule has 0 N–H and O–H groups in total. The summed E-state index contributed by atoms with van der Waals surface area (Å²) in [5.41, 5.74) is 0. The Balaban J connectivity index is 4.06. The van der Waals surface area contributed by atoms with Crippen molar-refractivity contribution in [2.24, 2.45) is 17.8 Å². The lowest BCUT2D eigenvalue weighted by Crippen LogP contribution is -2.35. The lowest BCUT2D eigenvalue weighted by Gasteiger charge is -2.29. The van der Waals surface area contributed by atoms with Crippen molar-refractivity contribution in [2.75, 3.05) is 25.0 Å². The lowest BCUT2D eigenvalue weighted by atomic mass is 9.97. The fourth-order valence-electron chi connectivity index (χ4n) is 1.67. The molecular formula is C13H28BrN. The lowest BCUT2D eigenvalue weighted by molar-refractivity contribution is 0.197. The van der Waals surface area contributed by atoms with E-state index in [0.717, 1.165) is 23.1 Å². The van der Waals surface area contributed by atoms with Crippen LogP contribution in [-0.4, -0.2) is 29.9 Å². The molecule has 0 spiro atoms. The van der Waals surface area contributed by atoms with Crippen molar-refractivity contribution in [2.45, 2.75) is 41.0 Å². The monoisotopic (exact) mass is 277 g/mol. The van der Waals surface area contributed by atoms with Gasteiger partial charge in [-0.3, -0.25) is 0 Å². The molecule has 2 atom stereocenters. The third kappa shape index (κ3) is 6.57. The first-order valence-corrected chi connectivity index (χ1v) is 7.45. The van der Waals surface area contributed by atoms with Crippen LogP contribution in [-0.2, 0) is 0 Å². The second kappa shape index (κ2) is 8.58. The van der Waals surface area contributed by atoms with Crippen LogP contribution >= 0.6 is 15.9 Å². The zero-order valence-corrected chi connectivity index (χ0v) is 12.7. The van der Waals surface area contributed by atoms with Gasteiger partial charge in [0.05, 0.1) is 0 Å². The highest BCUT2D eigenvalue weighted by molar-refractivity contribution is 9.09. The van der Waals surface area contributed by atoms with E-state index >= 15 is 0 Å². The van der Waals surface area contributed by atoms with Gasteiger partial charge in [0.15, 0.2) is 0 Å². The molecule has 0 aromatic heterocycles. The summed E-state index contributed by atoms with van der Waals surface area (Å²) >= 11 is 3.63. The van der Waals surface area contributed by atoms with Gasteiger partial charge >= 0.3 is 0 Å². The first-order valence-electron chi connectivity index (χ1n) is 6.33. The summed E-state index contributed by atoms with van der Waals surface area (Å²) in [6, 6.07) is 0. The van der Waals surface area contributed by atoms with E-state index in [9.17, 15) is 0 Å². The molecule has 0 saturated heterocycles. The van der Waals surface area contributed by atoms with Gasteiger partial charge in [0, 0.05) is 18.4 Å². The smallest absolute Gasteiger partial charge is 0.00743 e. The van der Waals surface area contributed by atoms with Crippen LogP contribution in [0.1, 0.15) is 41.0 Å². The van der Waals surface area contributed by atoms with E-state index in [0.29, 0.717) is 0 Å². The molecule has 15 heavy (non-hydrogen) atoms. The van der Waals surface area contributed by atoms with E-state index in [4.69, 9.17) is 0 Å². The predicted octanol–water partition coefficient (Wildman–Crippen LogP) is 4.02. The largest absolute Gasteiger partial charge is 0.303 e. The van der Waals surface area contributed by atoms with Gasteiger partial charge in [0.1, 0.15) is 0 Å². The minimum atomic E-state index is 0.773. The number of nitrogens with zero attached hydrogens (tertiary/aromatic N) is 1. The Labute approximate surface area is 105 Å². The van der Waals surface area contributed by atoms with Crippen LogP contribution in [0.4, 0.5) is 0 Å². The topological polar surface area (TPSA) is 3.24 Å². The Morgan fingerprint density at radius 1 is 1.07 bits per heavy atom. The van der Waals surface area contributed by atoms with E-state index in [1.807, 2.05) is 0 Å². The van der Waals surface area contributed by atoms with E-state index in [-0.39, 0.29) is 0 Å². The molecule has 0 aliphatic carbocycles. The van der Waals surface area contributed by atoms with Crippen molar-refractivity contribution in [1.29, 1.82) is 0 Å². The first-order chi connectivity index (χ1) is 7.04. The number of halogens is 1. The van der Waals surface area contributed by atoms with Crippen LogP contribution < -0.4 is 0 Å². The maximum atomic E-state index is 3.63. The highest BCUT2D eigenvalue weighted by Crippen LogP contribution is 2.16. The number of rotatable bonds is 8. The molecule has 1 nitrogen and oxygen atoms in total. The molecular weight excluding hydrogens is 250 g/mol. The Morgan fingerprint density at radius 3 is 2.00 bits per heavy atom. The third-order valence-corrected chi connectivity index (χ3v) is 4.18. The van der Waals surface area contributed by atoms with E-state index in [1.54, 1.807) is 0 Å². The average Bonchev–Trinajstić information content (AvgIpc) is 2.22. The van der Waals surface area contributed by atoms with Crippen molar-refractivity contribution >= 4 is 15.9 Å². The van der Waals surface area contributed by atoms with Crippen molar-refractivity contribution in [3.05, 3.63) is 0 Å². The minimum absolute atomic E-state index is 0.773. The van der Waals surface area contributed by atoms with Crippen LogP contribution in [0.15, 0.2) is 0 Å². The highest BCUT2D eigenvalue weighted by Gasteiger charge is 2.16. The van der Waals surface area contributed by atoms with Gasteiger partial charge in [0.2, 0.25) is 0 Å². The van der Waals surface area contributed by atoms with Crippen LogP contribution in [0, 0.1) is 17.8 Å². The summed E-state index contributed by atoms with van der Waals surface area (Å²) in [6.45, 7) is 15.2. The quantitative estimate of drug-likeness (QED) is 0.606. The minimum Gasteiger partial charge on any atom is -0.303 e. The molecule has 2 unspecified atom stereocenters. The summed E-state index contributed by atoms with van der Waals surface area (Å²) < 4.78 is 0. The Morgan fingerprint density at radius 2 is 1.67 bits per heavy atom. The SMILES string of the molecule is CCC(C)CN(CC)CC(CBr)C(C)C. The zero-order valence-electron chi connectivity index (χ0n) is 11.1. The number of hydrogen-bond donors (Lipinski definition) is 0. The molecule has 0 saturated carbocycles. The molecule has 0 radical (unpaired) electrons. The van der Waals surface area contributed by atoms with Crippen LogP contribution in [0.2, 0.25) is 0 Å². The molecule has 0 amide bonds. The van der Waals surface area contributed by atoms with Gasteiger partial charge in [-0.1, -0.05) is 57.0 Å². The average molecular weight is 278 g/mol. The van der Waals surface area contributed by atoms with Crippen molar-refractivity contribution in [3.63, 3.8) is 0 Å². The molecule has 2 heteroatoms. The van der Waals surface area contributed by atoms with Crippen LogP contribution in [0.5, 0.6) is 0 Å². The van der Waals surface area contributed by atoms with Crippen molar-refractivity contribution < 1.29 is 0 Å². The van der Waals surface area contributed by atoms with Gasteiger partial charge in [-0.2, -0.15) is 0 Å². The molecule has 0 aromatic carbocycles. The van der Waals surface area contributed by atoms with Gasteiger partial charge in [-0.05, 0) is 24.3 Å². The highest BCUT2D eigenvalue weighted by atomic mass is 79.9. The summed E-state index contributed by atoms with van der Waals surface area (Å²) in [5, 5.41) is 1.13. The van der Waals surface area contributed by atoms with Gasteiger partial charge < -0.3 is 4.90 Å². The Hall–Kier alpha value is 0.440. The molecule has 0 aromatic rings. The maximum Gasteiger partial charge on any atom is 0.00743 e. The molecule has 0 rings (SSSR count). The van der Waals surface area contributed by atoms with Gasteiger partial charge in [-0.25, -0.2) is 0 Å². The number of hydrogen-bond acceptors (Lipinski definition) is 1. The summed E-state index contributed by atoms with van der Waals surface area (Å²) in [6.07, 6.45) is 1.29. The zero-order chi connectivity index (χ0) is 11.8. The molecule has 0 aliphatic heterocycles. The maximum absolute atomic E-state index is 3.63. The Bertz CT molecular complexity index is 147. The normalized spacial score (nSPS) is 16.0.